The van der Waals surface area contributed by atoms with Gasteiger partial charge in [0.25, 0.3) is 0 Å². The maximum atomic E-state index is 5.53. The molecular weight excluding hydrogens is 214 g/mol. The Morgan fingerprint density at radius 1 is 1.06 bits per heavy atom. The largest absolute Gasteiger partial charge is 0.454 e. The van der Waals surface area contributed by atoms with Gasteiger partial charge in [0.1, 0.15) is 0 Å². The number of aromatic nitrogens is 1. The van der Waals surface area contributed by atoms with Crippen molar-refractivity contribution in [1.29, 1.82) is 0 Å². The maximum absolute atomic E-state index is 5.53. The molecule has 0 bridgehead atoms. The van der Waals surface area contributed by atoms with Crippen molar-refractivity contribution in [2.45, 2.75) is 26.2 Å². The van der Waals surface area contributed by atoms with Crippen molar-refractivity contribution in [3.8, 4) is 11.5 Å². The third-order valence-electron chi connectivity index (χ3n) is 2.99. The highest BCUT2D eigenvalue weighted by Crippen LogP contribution is 2.41. The van der Waals surface area contributed by atoms with E-state index in [1.807, 2.05) is 18.3 Å². The van der Waals surface area contributed by atoms with Crippen LogP contribution in [0.2, 0.25) is 0 Å². The monoisotopic (exact) mass is 229 g/mol. The highest BCUT2D eigenvalue weighted by atomic mass is 16.7. The first kappa shape index (κ1) is 10.4. The Morgan fingerprint density at radius 3 is 2.65 bits per heavy atom. The van der Waals surface area contributed by atoms with E-state index in [1.165, 1.54) is 0 Å². The second-order valence-electron chi connectivity index (χ2n) is 5.30. The first-order valence-electron chi connectivity index (χ1n) is 5.75. The van der Waals surface area contributed by atoms with Gasteiger partial charge in [-0.2, -0.15) is 0 Å². The normalized spacial score (nSPS) is 14.3. The fourth-order valence-corrected chi connectivity index (χ4v) is 2.22. The van der Waals surface area contributed by atoms with Crippen LogP contribution in [0.5, 0.6) is 11.5 Å². The maximum Gasteiger partial charge on any atom is 0.231 e. The minimum atomic E-state index is 0.0210. The van der Waals surface area contributed by atoms with Crippen molar-refractivity contribution in [1.82, 2.24) is 4.98 Å². The van der Waals surface area contributed by atoms with Gasteiger partial charge in [-0.1, -0.05) is 20.8 Å². The molecule has 17 heavy (non-hydrogen) atoms. The zero-order chi connectivity index (χ0) is 12.0. The molecule has 0 unspecified atom stereocenters. The highest BCUT2D eigenvalue weighted by molar-refractivity contribution is 5.93. The van der Waals surface area contributed by atoms with Gasteiger partial charge in [0.2, 0.25) is 6.79 Å². The molecule has 0 fully saturated rings. The second kappa shape index (κ2) is 3.36. The average molecular weight is 229 g/mol. The Kier molecular flexibility index (Phi) is 2.05. The number of benzene rings is 1. The molecule has 0 N–H and O–H groups in total. The van der Waals surface area contributed by atoms with Gasteiger partial charge in [0.15, 0.2) is 11.5 Å². The van der Waals surface area contributed by atoms with Crippen LogP contribution < -0.4 is 9.47 Å². The van der Waals surface area contributed by atoms with Crippen molar-refractivity contribution in [2.75, 3.05) is 6.79 Å². The third kappa shape index (κ3) is 1.54. The Morgan fingerprint density at radius 2 is 1.88 bits per heavy atom. The van der Waals surface area contributed by atoms with Crippen molar-refractivity contribution in [3.05, 3.63) is 30.1 Å². The topological polar surface area (TPSA) is 31.4 Å². The predicted molar refractivity (Wildman–Crippen MR) is 66.6 cm³/mol. The molecule has 0 spiro atoms. The molecule has 1 aliphatic heterocycles. The van der Waals surface area contributed by atoms with Gasteiger partial charge >= 0.3 is 0 Å². The quantitative estimate of drug-likeness (QED) is 0.694. The summed E-state index contributed by atoms with van der Waals surface area (Å²) in [5.74, 6) is 1.67. The third-order valence-corrected chi connectivity index (χ3v) is 2.99. The van der Waals surface area contributed by atoms with Gasteiger partial charge in [-0.05, 0) is 18.2 Å². The van der Waals surface area contributed by atoms with E-state index >= 15 is 0 Å². The van der Waals surface area contributed by atoms with E-state index in [4.69, 9.17) is 9.47 Å². The number of hydrogen-bond acceptors (Lipinski definition) is 3. The number of rotatable bonds is 0. The van der Waals surface area contributed by atoms with E-state index in [9.17, 15) is 0 Å². The van der Waals surface area contributed by atoms with Gasteiger partial charge in [0.05, 0.1) is 5.69 Å². The summed E-state index contributed by atoms with van der Waals surface area (Å²) in [6.45, 7) is 6.81. The molecule has 3 rings (SSSR count). The molecule has 1 aromatic heterocycles. The van der Waals surface area contributed by atoms with Crippen LogP contribution in [0, 0.1) is 0 Å². The van der Waals surface area contributed by atoms with Crippen molar-refractivity contribution < 1.29 is 9.47 Å². The minimum absolute atomic E-state index is 0.0210. The van der Waals surface area contributed by atoms with E-state index in [2.05, 4.69) is 31.8 Å². The molecule has 2 aromatic rings. The molecular formula is C14H15NO2. The number of pyridine rings is 1. The van der Waals surface area contributed by atoms with Gasteiger partial charge < -0.3 is 9.47 Å². The van der Waals surface area contributed by atoms with Crippen LogP contribution in [0.15, 0.2) is 24.4 Å². The lowest BCUT2D eigenvalue weighted by molar-refractivity contribution is 0.175. The SMILES string of the molecule is CC(C)(C)c1nccc2c3c(ccc12)OCO3. The van der Waals surface area contributed by atoms with Gasteiger partial charge in [-0.25, -0.2) is 0 Å². The predicted octanol–water partition coefficient (Wildman–Crippen LogP) is 3.26. The Hall–Kier alpha value is -1.77. The molecule has 2 heterocycles. The zero-order valence-corrected chi connectivity index (χ0v) is 10.3. The van der Waals surface area contributed by atoms with E-state index in [-0.39, 0.29) is 5.41 Å². The molecule has 3 heteroatoms. The van der Waals surface area contributed by atoms with E-state index in [1.54, 1.807) is 0 Å². The van der Waals surface area contributed by atoms with Crippen LogP contribution in [0.1, 0.15) is 26.5 Å². The average Bonchev–Trinajstić information content (AvgIpc) is 2.75. The van der Waals surface area contributed by atoms with Gasteiger partial charge in [0, 0.05) is 22.4 Å². The molecule has 0 saturated carbocycles. The number of fused-ring (bicyclic) bond motifs is 3. The summed E-state index contributed by atoms with van der Waals surface area (Å²) in [4.78, 5) is 4.51. The Labute approximate surface area is 100 Å². The summed E-state index contributed by atoms with van der Waals surface area (Å²) in [6.07, 6.45) is 1.84. The first-order chi connectivity index (χ1) is 8.07. The van der Waals surface area contributed by atoms with Crippen molar-refractivity contribution >= 4 is 10.8 Å². The smallest absolute Gasteiger partial charge is 0.231 e. The molecule has 0 atom stereocenters. The second-order valence-corrected chi connectivity index (χ2v) is 5.30. The molecule has 1 aliphatic rings. The summed E-state index contributed by atoms with van der Waals surface area (Å²) in [5, 5.41) is 2.23. The Bertz CT molecular complexity index is 585. The summed E-state index contributed by atoms with van der Waals surface area (Å²) < 4.78 is 10.9. The lowest BCUT2D eigenvalue weighted by Gasteiger charge is -2.20. The minimum Gasteiger partial charge on any atom is -0.454 e. The van der Waals surface area contributed by atoms with Crippen LogP contribution in [0.4, 0.5) is 0 Å². The van der Waals surface area contributed by atoms with Crippen LogP contribution in [0.3, 0.4) is 0 Å². The number of nitrogens with zero attached hydrogens (tertiary/aromatic N) is 1. The van der Waals surface area contributed by atoms with Crippen molar-refractivity contribution in [2.24, 2.45) is 0 Å². The van der Waals surface area contributed by atoms with E-state index < -0.39 is 0 Å². The van der Waals surface area contributed by atoms with Crippen molar-refractivity contribution in [3.63, 3.8) is 0 Å². The molecule has 0 amide bonds. The lowest BCUT2D eigenvalue weighted by atomic mass is 9.88. The van der Waals surface area contributed by atoms with Crippen LogP contribution in [-0.2, 0) is 5.41 Å². The van der Waals surface area contributed by atoms with Crippen LogP contribution in [-0.4, -0.2) is 11.8 Å². The fraction of sp³-hybridized carbons (Fsp3) is 0.357. The zero-order valence-electron chi connectivity index (χ0n) is 10.3. The molecule has 0 aliphatic carbocycles. The standard InChI is InChI=1S/C14H15NO2/c1-14(2,3)13-10-4-5-11-12(17-8-16-11)9(10)6-7-15-13/h4-7H,8H2,1-3H3. The molecule has 3 nitrogen and oxygen atoms in total. The summed E-state index contributed by atoms with van der Waals surface area (Å²) in [6, 6.07) is 6.01. The number of ether oxygens (including phenoxy) is 2. The lowest BCUT2D eigenvalue weighted by Crippen LogP contribution is -2.13. The fourth-order valence-electron chi connectivity index (χ4n) is 2.22. The van der Waals surface area contributed by atoms with E-state index in [0.29, 0.717) is 6.79 Å². The summed E-state index contributed by atoms with van der Waals surface area (Å²) in [7, 11) is 0. The van der Waals surface area contributed by atoms with Crippen LogP contribution >= 0.6 is 0 Å². The van der Waals surface area contributed by atoms with Gasteiger partial charge in [-0.15, -0.1) is 0 Å². The molecule has 88 valence electrons. The highest BCUT2D eigenvalue weighted by Gasteiger charge is 2.22. The molecule has 1 aromatic carbocycles. The Balaban J connectivity index is 2.35. The molecule has 0 saturated heterocycles. The van der Waals surface area contributed by atoms with E-state index in [0.717, 1.165) is 28.0 Å². The first-order valence-corrected chi connectivity index (χ1v) is 5.75. The summed E-state index contributed by atoms with van der Waals surface area (Å²) in [5.41, 5.74) is 1.11. The number of hydrogen-bond donors (Lipinski definition) is 0. The summed E-state index contributed by atoms with van der Waals surface area (Å²) >= 11 is 0. The molecule has 0 radical (unpaired) electrons. The van der Waals surface area contributed by atoms with Gasteiger partial charge in [-0.3, -0.25) is 4.98 Å². The van der Waals surface area contributed by atoms with Crippen LogP contribution in [0.25, 0.3) is 10.8 Å².